The highest BCUT2D eigenvalue weighted by atomic mass is 79.9. The molecule has 0 aromatic heterocycles. The number of Topliss-reactive ketones (excluding diaryl/α,β-unsaturated/α-hetero) is 1. The Morgan fingerprint density at radius 2 is 2.21 bits per heavy atom. The Kier molecular flexibility index (Phi) is 2.63. The third kappa shape index (κ3) is 0.986. The van der Waals surface area contributed by atoms with Crippen molar-refractivity contribution >= 4 is 37.6 Å². The molecule has 0 aromatic rings. The van der Waals surface area contributed by atoms with Gasteiger partial charge in [0.15, 0.2) is 5.78 Å². The van der Waals surface area contributed by atoms with Crippen LogP contribution < -0.4 is 0 Å². The highest BCUT2D eigenvalue weighted by Gasteiger charge is 2.68. The van der Waals surface area contributed by atoms with Gasteiger partial charge < -0.3 is 0 Å². The van der Waals surface area contributed by atoms with Crippen LogP contribution in [-0.2, 0) is 4.79 Å². The van der Waals surface area contributed by atoms with E-state index < -0.39 is 0 Å². The molecule has 4 atom stereocenters. The normalized spacial score (nSPS) is 51.6. The van der Waals surface area contributed by atoms with Gasteiger partial charge >= 0.3 is 0 Å². The molecule has 0 aliphatic heterocycles. The van der Waals surface area contributed by atoms with Gasteiger partial charge in [0, 0.05) is 10.7 Å². The molecule has 3 heteroatoms. The number of carbonyl (C=O) groups is 1. The van der Waals surface area contributed by atoms with Gasteiger partial charge in [0.25, 0.3) is 0 Å². The van der Waals surface area contributed by atoms with E-state index in [4.69, 9.17) is 0 Å². The van der Waals surface area contributed by atoms with E-state index in [9.17, 15) is 4.79 Å². The van der Waals surface area contributed by atoms with Gasteiger partial charge in [-0.1, -0.05) is 45.7 Å². The van der Waals surface area contributed by atoms with Crippen LogP contribution in [0.2, 0.25) is 0 Å². The standard InChI is InChI=1S/C11H16Br2O/c1-3-11(6-12)7-4-5-10(11,2)9(14)8(7)13/h7-8H,3-6H2,1-2H3/t7-,8-,10-,11+/m1/s1. The lowest BCUT2D eigenvalue weighted by atomic mass is 9.67. The maximum absolute atomic E-state index is 12.2. The van der Waals surface area contributed by atoms with E-state index in [1.54, 1.807) is 0 Å². The first kappa shape index (κ1) is 11.1. The summed E-state index contributed by atoms with van der Waals surface area (Å²) in [5.74, 6) is 0.986. The molecule has 0 spiro atoms. The Labute approximate surface area is 102 Å². The summed E-state index contributed by atoms with van der Waals surface area (Å²) in [7, 11) is 0. The Morgan fingerprint density at radius 1 is 1.57 bits per heavy atom. The molecule has 2 rings (SSSR count). The lowest BCUT2D eigenvalue weighted by Gasteiger charge is -2.37. The van der Waals surface area contributed by atoms with Crippen LogP contribution in [0.3, 0.4) is 0 Å². The molecule has 2 saturated carbocycles. The molecule has 0 N–H and O–H groups in total. The number of hydrogen-bond acceptors (Lipinski definition) is 1. The quantitative estimate of drug-likeness (QED) is 0.710. The predicted molar refractivity (Wildman–Crippen MR) is 65.1 cm³/mol. The van der Waals surface area contributed by atoms with Gasteiger partial charge in [-0.05, 0) is 30.6 Å². The first-order valence-corrected chi connectivity index (χ1v) is 7.31. The van der Waals surface area contributed by atoms with E-state index in [1.165, 1.54) is 6.42 Å². The van der Waals surface area contributed by atoms with E-state index in [2.05, 4.69) is 45.7 Å². The van der Waals surface area contributed by atoms with Crippen LogP contribution >= 0.6 is 31.9 Å². The van der Waals surface area contributed by atoms with Gasteiger partial charge in [0.05, 0.1) is 4.83 Å². The Balaban J connectivity index is 2.50. The summed E-state index contributed by atoms with van der Waals surface area (Å²) in [6, 6.07) is 0. The minimum absolute atomic E-state index is 0.0793. The van der Waals surface area contributed by atoms with Crippen molar-refractivity contribution in [3.8, 4) is 0 Å². The lowest BCUT2D eigenvalue weighted by molar-refractivity contribution is -0.128. The van der Waals surface area contributed by atoms with E-state index in [0.717, 1.165) is 18.2 Å². The molecule has 2 aliphatic rings. The fraction of sp³-hybridized carbons (Fsp3) is 0.909. The molecular weight excluding hydrogens is 308 g/mol. The molecule has 0 aromatic carbocycles. The molecule has 0 saturated heterocycles. The van der Waals surface area contributed by atoms with E-state index in [0.29, 0.717) is 11.7 Å². The first-order chi connectivity index (χ1) is 6.53. The number of alkyl halides is 2. The summed E-state index contributed by atoms with van der Waals surface area (Å²) in [6.45, 7) is 4.39. The third-order valence-corrected chi connectivity index (χ3v) is 6.84. The molecule has 0 heterocycles. The molecule has 0 radical (unpaired) electrons. The molecule has 2 bridgehead atoms. The van der Waals surface area contributed by atoms with Crippen LogP contribution in [0.15, 0.2) is 0 Å². The fourth-order valence-corrected chi connectivity index (χ4v) is 6.36. The maximum Gasteiger partial charge on any atom is 0.153 e. The van der Waals surface area contributed by atoms with Crippen LogP contribution in [0, 0.1) is 16.7 Å². The molecule has 80 valence electrons. The smallest absolute Gasteiger partial charge is 0.153 e. The summed E-state index contributed by atoms with van der Waals surface area (Å²) in [5, 5.41) is 0.964. The SMILES string of the molecule is CC[C@]1(CBr)[C@@H]2CC[C@]1(C)C(=O)[C@@H]2Br. The average Bonchev–Trinajstić information content (AvgIpc) is 2.56. The van der Waals surface area contributed by atoms with Gasteiger partial charge in [0.1, 0.15) is 0 Å². The number of ketones is 1. The molecular formula is C11H16Br2O. The zero-order chi connectivity index (χ0) is 10.6. The molecule has 1 nitrogen and oxygen atoms in total. The summed E-state index contributed by atoms with van der Waals surface area (Å²) < 4.78 is 0. The van der Waals surface area contributed by atoms with Crippen molar-refractivity contribution in [2.75, 3.05) is 5.33 Å². The minimum Gasteiger partial charge on any atom is -0.298 e. The second-order valence-electron chi connectivity index (χ2n) is 4.89. The highest BCUT2D eigenvalue weighted by molar-refractivity contribution is 9.10. The van der Waals surface area contributed by atoms with Crippen molar-refractivity contribution in [2.24, 2.45) is 16.7 Å². The van der Waals surface area contributed by atoms with Crippen molar-refractivity contribution in [3.05, 3.63) is 0 Å². The highest BCUT2D eigenvalue weighted by Crippen LogP contribution is 2.67. The molecule has 14 heavy (non-hydrogen) atoms. The van der Waals surface area contributed by atoms with Gasteiger partial charge in [-0.25, -0.2) is 0 Å². The summed E-state index contributed by atoms with van der Waals surface area (Å²) in [6.07, 6.45) is 3.39. The fourth-order valence-electron chi connectivity index (χ4n) is 3.65. The maximum atomic E-state index is 12.2. The van der Waals surface area contributed by atoms with Crippen LogP contribution in [-0.4, -0.2) is 15.9 Å². The summed E-state index contributed by atoms with van der Waals surface area (Å²) in [4.78, 5) is 12.3. The second kappa shape index (κ2) is 3.31. The number of carbonyl (C=O) groups excluding carboxylic acids is 1. The zero-order valence-electron chi connectivity index (χ0n) is 8.65. The van der Waals surface area contributed by atoms with Gasteiger partial charge in [-0.15, -0.1) is 0 Å². The topological polar surface area (TPSA) is 17.1 Å². The van der Waals surface area contributed by atoms with Crippen molar-refractivity contribution < 1.29 is 4.79 Å². The largest absolute Gasteiger partial charge is 0.298 e. The molecule has 0 unspecified atom stereocenters. The van der Waals surface area contributed by atoms with Gasteiger partial charge in [0.2, 0.25) is 0 Å². The second-order valence-corrected chi connectivity index (χ2v) is 6.43. The van der Waals surface area contributed by atoms with Gasteiger partial charge in [-0.3, -0.25) is 4.79 Å². The van der Waals surface area contributed by atoms with E-state index in [-0.39, 0.29) is 15.7 Å². The van der Waals surface area contributed by atoms with Gasteiger partial charge in [-0.2, -0.15) is 0 Å². The first-order valence-electron chi connectivity index (χ1n) is 5.28. The Morgan fingerprint density at radius 3 is 2.50 bits per heavy atom. The van der Waals surface area contributed by atoms with Crippen LogP contribution in [0.1, 0.15) is 33.1 Å². The minimum atomic E-state index is -0.0793. The Hall–Kier alpha value is 0.630. The zero-order valence-corrected chi connectivity index (χ0v) is 11.8. The molecule has 2 fully saturated rings. The van der Waals surface area contributed by atoms with Crippen molar-refractivity contribution in [2.45, 2.75) is 37.9 Å². The van der Waals surface area contributed by atoms with Crippen LogP contribution in [0.4, 0.5) is 0 Å². The number of halogens is 2. The Bertz CT molecular complexity index is 272. The van der Waals surface area contributed by atoms with Crippen LogP contribution in [0.5, 0.6) is 0 Å². The lowest BCUT2D eigenvalue weighted by Crippen LogP contribution is -2.38. The molecule has 0 amide bonds. The van der Waals surface area contributed by atoms with Crippen LogP contribution in [0.25, 0.3) is 0 Å². The summed E-state index contributed by atoms with van der Waals surface area (Å²) >= 11 is 7.21. The van der Waals surface area contributed by atoms with Crippen molar-refractivity contribution in [3.63, 3.8) is 0 Å². The number of fused-ring (bicyclic) bond motifs is 2. The predicted octanol–water partition coefficient (Wildman–Crippen LogP) is 3.54. The van der Waals surface area contributed by atoms with E-state index >= 15 is 0 Å². The van der Waals surface area contributed by atoms with E-state index in [1.807, 2.05) is 0 Å². The van der Waals surface area contributed by atoms with Crippen molar-refractivity contribution in [1.29, 1.82) is 0 Å². The third-order valence-electron chi connectivity index (χ3n) is 4.78. The molecule has 2 aliphatic carbocycles. The average molecular weight is 324 g/mol. The van der Waals surface area contributed by atoms with Crippen molar-refractivity contribution in [1.82, 2.24) is 0 Å². The monoisotopic (exact) mass is 322 g/mol. The number of hydrogen-bond donors (Lipinski definition) is 0. The summed E-state index contributed by atoms with van der Waals surface area (Å²) in [5.41, 5.74) is 0.127. The number of rotatable bonds is 2.